The zero-order valence-electron chi connectivity index (χ0n) is 12.9. The molecule has 116 valence electrons. The fourth-order valence-corrected chi connectivity index (χ4v) is 2.71. The average molecular weight is 308 g/mol. The predicted molar refractivity (Wildman–Crippen MR) is 83.9 cm³/mol. The molecule has 3 aromatic heterocycles. The molecule has 0 saturated heterocycles. The number of hydrogen-bond donors (Lipinski definition) is 2. The van der Waals surface area contributed by atoms with Gasteiger partial charge in [-0.1, -0.05) is 6.07 Å². The van der Waals surface area contributed by atoms with E-state index in [1.54, 1.807) is 12.4 Å². The molecule has 23 heavy (non-hydrogen) atoms. The molecule has 6 nitrogen and oxygen atoms in total. The number of hydrogen-bond acceptors (Lipinski definition) is 3. The maximum absolute atomic E-state index is 12.6. The van der Waals surface area contributed by atoms with Crippen molar-refractivity contribution in [1.29, 1.82) is 0 Å². The Kier molecular flexibility index (Phi) is 3.29. The minimum atomic E-state index is -0.122. The Hall–Kier alpha value is -2.76. The molecule has 3 aromatic rings. The molecule has 0 bridgehead atoms. The standard InChI is InChI=1S/C17H17N5O/c1-11-8-19-13(9-18-11)10-20-17(23)15-14-4-2-3-7-22(14)16(21-15)12-5-6-12/h2-4,7-9,12H,5-6,10H2,1H3,(H,20,23)/p+1. The van der Waals surface area contributed by atoms with Crippen molar-refractivity contribution in [3.05, 3.63) is 59.7 Å². The van der Waals surface area contributed by atoms with Gasteiger partial charge in [0.2, 0.25) is 5.69 Å². The van der Waals surface area contributed by atoms with Gasteiger partial charge in [-0.2, -0.15) is 4.40 Å². The first kappa shape index (κ1) is 13.9. The Balaban J connectivity index is 1.58. The van der Waals surface area contributed by atoms with Crippen molar-refractivity contribution in [2.45, 2.75) is 32.2 Å². The third-order valence-electron chi connectivity index (χ3n) is 4.08. The van der Waals surface area contributed by atoms with Crippen molar-refractivity contribution < 1.29 is 9.20 Å². The van der Waals surface area contributed by atoms with Gasteiger partial charge in [0.25, 0.3) is 11.7 Å². The van der Waals surface area contributed by atoms with Gasteiger partial charge in [-0.15, -0.1) is 0 Å². The van der Waals surface area contributed by atoms with Crippen LogP contribution in [0, 0.1) is 6.92 Å². The lowest BCUT2D eigenvalue weighted by Crippen LogP contribution is -2.26. The average Bonchev–Trinajstić information content (AvgIpc) is 3.34. The largest absolute Gasteiger partial charge is 0.343 e. The molecule has 4 rings (SSSR count). The fourth-order valence-electron chi connectivity index (χ4n) is 2.71. The first-order valence-corrected chi connectivity index (χ1v) is 7.80. The van der Waals surface area contributed by atoms with Gasteiger partial charge in [0.15, 0.2) is 5.52 Å². The number of pyridine rings is 1. The number of H-pyrrole nitrogens is 1. The molecule has 0 aliphatic heterocycles. The predicted octanol–water partition coefficient (Wildman–Crippen LogP) is 1.66. The Morgan fingerprint density at radius 2 is 2.22 bits per heavy atom. The van der Waals surface area contributed by atoms with Crippen LogP contribution in [0.5, 0.6) is 0 Å². The van der Waals surface area contributed by atoms with Crippen molar-refractivity contribution in [1.82, 2.24) is 20.3 Å². The minimum absolute atomic E-state index is 0.122. The second-order valence-corrected chi connectivity index (χ2v) is 5.95. The van der Waals surface area contributed by atoms with E-state index >= 15 is 0 Å². The number of aryl methyl sites for hydroxylation is 1. The molecule has 1 aliphatic carbocycles. The zero-order chi connectivity index (χ0) is 15.8. The van der Waals surface area contributed by atoms with E-state index in [0.717, 1.165) is 22.7 Å². The summed E-state index contributed by atoms with van der Waals surface area (Å²) >= 11 is 0. The van der Waals surface area contributed by atoms with Gasteiger partial charge in [0.05, 0.1) is 36.2 Å². The van der Waals surface area contributed by atoms with Gasteiger partial charge in [0, 0.05) is 6.20 Å². The van der Waals surface area contributed by atoms with Gasteiger partial charge in [0.1, 0.15) is 0 Å². The zero-order valence-corrected chi connectivity index (χ0v) is 12.9. The summed E-state index contributed by atoms with van der Waals surface area (Å²) in [6, 6.07) is 5.89. The van der Waals surface area contributed by atoms with Crippen molar-refractivity contribution in [3.8, 4) is 0 Å². The van der Waals surface area contributed by atoms with Gasteiger partial charge in [-0.25, -0.2) is 4.98 Å². The Morgan fingerprint density at radius 1 is 1.35 bits per heavy atom. The molecular formula is C17H18N5O+. The van der Waals surface area contributed by atoms with E-state index in [4.69, 9.17) is 0 Å². The highest BCUT2D eigenvalue weighted by molar-refractivity contribution is 5.97. The molecular weight excluding hydrogens is 290 g/mol. The number of aromatic amines is 1. The van der Waals surface area contributed by atoms with Gasteiger partial charge < -0.3 is 5.32 Å². The lowest BCUT2D eigenvalue weighted by Gasteiger charge is -2.01. The topological polar surface area (TPSA) is 74.8 Å². The number of aromatic nitrogens is 4. The fraction of sp³-hybridized carbons (Fsp3) is 0.294. The molecule has 0 aromatic carbocycles. The van der Waals surface area contributed by atoms with Crippen LogP contribution < -0.4 is 9.72 Å². The van der Waals surface area contributed by atoms with E-state index in [1.807, 2.05) is 31.3 Å². The number of fused-ring (bicyclic) bond motifs is 1. The molecule has 0 atom stereocenters. The van der Waals surface area contributed by atoms with Crippen LogP contribution in [-0.2, 0) is 6.54 Å². The molecule has 0 unspecified atom stereocenters. The summed E-state index contributed by atoms with van der Waals surface area (Å²) in [6.07, 6.45) is 7.75. The van der Waals surface area contributed by atoms with Crippen LogP contribution >= 0.6 is 0 Å². The molecule has 2 N–H and O–H groups in total. The lowest BCUT2D eigenvalue weighted by atomic mass is 10.3. The summed E-state index contributed by atoms with van der Waals surface area (Å²) in [7, 11) is 0. The van der Waals surface area contributed by atoms with Crippen LogP contribution in [-0.4, -0.2) is 20.9 Å². The van der Waals surface area contributed by atoms with Gasteiger partial charge in [-0.05, 0) is 31.9 Å². The van der Waals surface area contributed by atoms with Crippen LogP contribution in [0.3, 0.4) is 0 Å². The summed E-state index contributed by atoms with van der Waals surface area (Å²) in [4.78, 5) is 24.3. The summed E-state index contributed by atoms with van der Waals surface area (Å²) in [5.41, 5.74) is 3.12. The van der Waals surface area contributed by atoms with Crippen molar-refractivity contribution >= 4 is 11.4 Å². The van der Waals surface area contributed by atoms with Crippen molar-refractivity contribution in [2.24, 2.45) is 0 Å². The SMILES string of the molecule is Cc1cnc(CNC(=O)c2[nH]c(C3CC3)[n+]3ccccc23)cn1. The van der Waals surface area contributed by atoms with E-state index < -0.39 is 0 Å². The molecule has 1 saturated carbocycles. The lowest BCUT2D eigenvalue weighted by molar-refractivity contribution is -0.521. The number of nitrogens with one attached hydrogen (secondary N) is 2. The Bertz CT molecular complexity index is 864. The van der Waals surface area contributed by atoms with E-state index in [-0.39, 0.29) is 5.91 Å². The van der Waals surface area contributed by atoms with E-state index in [1.165, 1.54) is 12.8 Å². The molecule has 6 heteroatoms. The first-order chi connectivity index (χ1) is 11.2. The highest BCUT2D eigenvalue weighted by Crippen LogP contribution is 2.37. The number of nitrogens with zero attached hydrogens (tertiary/aromatic N) is 3. The second-order valence-electron chi connectivity index (χ2n) is 5.95. The molecule has 0 radical (unpaired) electrons. The third-order valence-corrected chi connectivity index (χ3v) is 4.08. The molecule has 1 fully saturated rings. The molecule has 1 amide bonds. The maximum atomic E-state index is 12.6. The molecule has 0 spiro atoms. The normalized spacial score (nSPS) is 14.1. The summed E-state index contributed by atoms with van der Waals surface area (Å²) < 4.78 is 2.08. The minimum Gasteiger partial charge on any atom is -0.343 e. The van der Waals surface area contributed by atoms with Crippen molar-refractivity contribution in [2.75, 3.05) is 0 Å². The van der Waals surface area contributed by atoms with E-state index in [9.17, 15) is 4.79 Å². The number of carbonyl (C=O) groups excluding carboxylic acids is 1. The summed E-state index contributed by atoms with van der Waals surface area (Å²) in [5, 5.41) is 2.91. The van der Waals surface area contributed by atoms with Crippen LogP contribution in [0.15, 0.2) is 36.8 Å². The van der Waals surface area contributed by atoms with E-state index in [2.05, 4.69) is 24.7 Å². The Labute approximate surface area is 133 Å². The van der Waals surface area contributed by atoms with Gasteiger partial charge >= 0.3 is 0 Å². The smallest absolute Gasteiger partial charge is 0.295 e. The van der Waals surface area contributed by atoms with Crippen LogP contribution in [0.4, 0.5) is 0 Å². The molecule has 3 heterocycles. The highest BCUT2D eigenvalue weighted by Gasteiger charge is 2.35. The number of rotatable bonds is 4. The number of amides is 1. The van der Waals surface area contributed by atoms with Crippen LogP contribution in [0.2, 0.25) is 0 Å². The van der Waals surface area contributed by atoms with Crippen molar-refractivity contribution in [3.63, 3.8) is 0 Å². The van der Waals surface area contributed by atoms with Gasteiger partial charge in [-0.3, -0.25) is 14.8 Å². The monoisotopic (exact) mass is 308 g/mol. The second kappa shape index (κ2) is 5.46. The maximum Gasteiger partial charge on any atom is 0.295 e. The summed E-state index contributed by atoms with van der Waals surface area (Å²) in [6.45, 7) is 2.25. The molecule has 1 aliphatic rings. The number of carbonyl (C=O) groups is 1. The third kappa shape index (κ3) is 2.67. The first-order valence-electron chi connectivity index (χ1n) is 7.80. The number of imidazole rings is 1. The quantitative estimate of drug-likeness (QED) is 0.720. The van der Waals surface area contributed by atoms with E-state index in [0.29, 0.717) is 18.2 Å². The highest BCUT2D eigenvalue weighted by atomic mass is 16.1. The summed E-state index contributed by atoms with van der Waals surface area (Å²) in [5.74, 6) is 1.53. The Morgan fingerprint density at radius 3 is 2.96 bits per heavy atom. The van der Waals surface area contributed by atoms with Crippen LogP contribution in [0.1, 0.15) is 46.5 Å². The van der Waals surface area contributed by atoms with Crippen LogP contribution in [0.25, 0.3) is 5.52 Å².